The number of carbonyl (C=O) groups is 2. The molecule has 4 nitrogen and oxygen atoms in total. The van der Waals surface area contributed by atoms with Crippen molar-refractivity contribution in [2.45, 2.75) is 44.1 Å². The van der Waals surface area contributed by atoms with Crippen LogP contribution >= 0.6 is 23.2 Å². The smallest absolute Gasteiger partial charge is 0.253 e. The van der Waals surface area contributed by atoms with Crippen molar-refractivity contribution in [2.24, 2.45) is 0 Å². The van der Waals surface area contributed by atoms with Crippen LogP contribution in [0.4, 0.5) is 0 Å². The zero-order chi connectivity index (χ0) is 21.0. The quantitative estimate of drug-likeness (QED) is 0.425. The summed E-state index contributed by atoms with van der Waals surface area (Å²) in [5.41, 5.74) is 1.68. The van der Waals surface area contributed by atoms with Gasteiger partial charge in [-0.1, -0.05) is 60.5 Å². The third-order valence-electron chi connectivity index (χ3n) is 5.13. The maximum atomic E-state index is 13.3. The highest BCUT2D eigenvalue weighted by Gasteiger charge is 2.46. The SMILES string of the molecule is C=CC[C@H]1O[C@H](c2cccc(Cl)c2)[C@@H](c2ccc(Cl)cc2)N([C@H](C=O)CC)C1=O. The maximum Gasteiger partial charge on any atom is 0.253 e. The van der Waals surface area contributed by atoms with Crippen LogP contribution < -0.4 is 0 Å². The molecule has 3 rings (SSSR count). The van der Waals surface area contributed by atoms with Crippen molar-refractivity contribution in [3.8, 4) is 0 Å². The Morgan fingerprint density at radius 3 is 2.45 bits per heavy atom. The number of benzene rings is 2. The van der Waals surface area contributed by atoms with E-state index in [2.05, 4.69) is 6.58 Å². The number of nitrogens with zero attached hydrogens (tertiary/aromatic N) is 1. The lowest BCUT2D eigenvalue weighted by molar-refractivity contribution is -0.179. The Morgan fingerprint density at radius 1 is 1.14 bits per heavy atom. The summed E-state index contributed by atoms with van der Waals surface area (Å²) < 4.78 is 6.28. The highest BCUT2D eigenvalue weighted by molar-refractivity contribution is 6.30. The highest BCUT2D eigenvalue weighted by atomic mass is 35.5. The molecular formula is C23H23Cl2NO3. The Labute approximate surface area is 181 Å². The van der Waals surface area contributed by atoms with E-state index in [-0.39, 0.29) is 5.91 Å². The molecule has 2 aromatic carbocycles. The van der Waals surface area contributed by atoms with Crippen LogP contribution in [0.15, 0.2) is 61.2 Å². The summed E-state index contributed by atoms with van der Waals surface area (Å²) in [6.07, 6.45) is 2.13. The molecular weight excluding hydrogens is 409 g/mol. The Balaban J connectivity index is 2.17. The first-order chi connectivity index (χ1) is 14.0. The second-order valence-corrected chi connectivity index (χ2v) is 7.85. The molecule has 1 fully saturated rings. The third-order valence-corrected chi connectivity index (χ3v) is 5.62. The molecule has 29 heavy (non-hydrogen) atoms. The van der Waals surface area contributed by atoms with Gasteiger partial charge in [0, 0.05) is 16.5 Å². The molecule has 0 N–H and O–H groups in total. The Kier molecular flexibility index (Phi) is 7.12. The third kappa shape index (κ3) is 4.55. The molecule has 0 saturated carbocycles. The molecule has 0 radical (unpaired) electrons. The van der Waals surface area contributed by atoms with Crippen LogP contribution in [-0.2, 0) is 14.3 Å². The van der Waals surface area contributed by atoms with E-state index in [1.165, 1.54) is 0 Å². The zero-order valence-electron chi connectivity index (χ0n) is 16.1. The lowest BCUT2D eigenvalue weighted by Gasteiger charge is -2.46. The number of hydrogen-bond donors (Lipinski definition) is 0. The number of aldehydes is 1. The normalized spacial score (nSPS) is 22.9. The highest BCUT2D eigenvalue weighted by Crippen LogP contribution is 2.44. The molecule has 2 aromatic rings. The van der Waals surface area contributed by atoms with Gasteiger partial charge < -0.3 is 14.4 Å². The van der Waals surface area contributed by atoms with Gasteiger partial charge in [0.1, 0.15) is 18.5 Å². The predicted molar refractivity (Wildman–Crippen MR) is 115 cm³/mol. The van der Waals surface area contributed by atoms with Crippen LogP contribution in [0.5, 0.6) is 0 Å². The Hall–Kier alpha value is -2.14. The Morgan fingerprint density at radius 2 is 1.86 bits per heavy atom. The van der Waals surface area contributed by atoms with Gasteiger partial charge in [0.2, 0.25) is 0 Å². The summed E-state index contributed by atoms with van der Waals surface area (Å²) in [5.74, 6) is -0.220. The van der Waals surface area contributed by atoms with Gasteiger partial charge in [0.25, 0.3) is 5.91 Å². The molecule has 1 amide bonds. The zero-order valence-corrected chi connectivity index (χ0v) is 17.6. The lowest BCUT2D eigenvalue weighted by atomic mass is 9.89. The first-order valence-electron chi connectivity index (χ1n) is 9.54. The van der Waals surface area contributed by atoms with Gasteiger partial charge in [0.05, 0.1) is 12.1 Å². The summed E-state index contributed by atoms with van der Waals surface area (Å²) in [7, 11) is 0. The van der Waals surface area contributed by atoms with Crippen molar-refractivity contribution in [2.75, 3.05) is 0 Å². The summed E-state index contributed by atoms with van der Waals surface area (Å²) >= 11 is 12.3. The van der Waals surface area contributed by atoms with Gasteiger partial charge in [-0.2, -0.15) is 0 Å². The van der Waals surface area contributed by atoms with E-state index in [0.717, 1.165) is 17.4 Å². The summed E-state index contributed by atoms with van der Waals surface area (Å²) in [6.45, 7) is 5.63. The minimum Gasteiger partial charge on any atom is -0.358 e. The molecule has 1 saturated heterocycles. The van der Waals surface area contributed by atoms with Crippen molar-refractivity contribution in [3.05, 3.63) is 82.4 Å². The number of halogens is 2. The van der Waals surface area contributed by atoms with E-state index in [0.29, 0.717) is 22.9 Å². The fourth-order valence-electron chi connectivity index (χ4n) is 3.73. The molecule has 152 valence electrons. The molecule has 0 aliphatic carbocycles. The van der Waals surface area contributed by atoms with Crippen LogP contribution in [0.2, 0.25) is 10.0 Å². The van der Waals surface area contributed by atoms with Gasteiger partial charge in [0.15, 0.2) is 0 Å². The van der Waals surface area contributed by atoms with Crippen molar-refractivity contribution < 1.29 is 14.3 Å². The van der Waals surface area contributed by atoms with E-state index in [1.54, 1.807) is 29.2 Å². The minimum absolute atomic E-state index is 0.220. The van der Waals surface area contributed by atoms with E-state index < -0.39 is 24.3 Å². The number of ether oxygens (including phenoxy) is 1. The minimum atomic E-state index is -0.714. The van der Waals surface area contributed by atoms with Crippen LogP contribution in [0, 0.1) is 0 Å². The van der Waals surface area contributed by atoms with Gasteiger partial charge in [-0.15, -0.1) is 6.58 Å². The van der Waals surface area contributed by atoms with E-state index >= 15 is 0 Å². The molecule has 0 unspecified atom stereocenters. The fourth-order valence-corrected chi connectivity index (χ4v) is 4.06. The molecule has 1 heterocycles. The molecule has 0 spiro atoms. The molecule has 0 aromatic heterocycles. The van der Waals surface area contributed by atoms with Crippen molar-refractivity contribution >= 4 is 35.4 Å². The van der Waals surface area contributed by atoms with Gasteiger partial charge in [-0.05, 0) is 41.8 Å². The molecule has 0 bridgehead atoms. The second kappa shape index (κ2) is 9.57. The first kappa shape index (κ1) is 21.6. The van der Waals surface area contributed by atoms with Crippen LogP contribution in [-0.4, -0.2) is 29.2 Å². The van der Waals surface area contributed by atoms with E-state index in [1.807, 2.05) is 37.3 Å². The predicted octanol–water partition coefficient (Wildman–Crippen LogP) is 5.56. The summed E-state index contributed by atoms with van der Waals surface area (Å²) in [6, 6.07) is 13.6. The second-order valence-electron chi connectivity index (χ2n) is 6.98. The first-order valence-corrected chi connectivity index (χ1v) is 10.3. The molecule has 1 aliphatic rings. The standard InChI is InChI=1S/C23H23Cl2NO3/c1-3-6-20-23(28)26(19(4-2)14-27)21(15-9-11-17(24)12-10-15)22(29-20)16-7-5-8-18(25)13-16/h3,5,7-14,19-22H,1,4,6H2,2H3/t19-,20+,21+,22+/m0/s1. The molecule has 1 aliphatic heterocycles. The van der Waals surface area contributed by atoms with Crippen molar-refractivity contribution in [1.29, 1.82) is 0 Å². The largest absolute Gasteiger partial charge is 0.358 e. The maximum absolute atomic E-state index is 13.3. The average Bonchev–Trinajstić information content (AvgIpc) is 2.72. The van der Waals surface area contributed by atoms with Gasteiger partial charge >= 0.3 is 0 Å². The number of morpholine rings is 1. The fraction of sp³-hybridized carbons (Fsp3) is 0.304. The van der Waals surface area contributed by atoms with E-state index in [9.17, 15) is 9.59 Å². The van der Waals surface area contributed by atoms with Crippen molar-refractivity contribution in [3.63, 3.8) is 0 Å². The summed E-state index contributed by atoms with van der Waals surface area (Å²) in [4.78, 5) is 26.8. The molecule has 4 atom stereocenters. The van der Waals surface area contributed by atoms with Crippen LogP contribution in [0.1, 0.15) is 43.0 Å². The number of carbonyl (C=O) groups excluding carboxylic acids is 2. The number of hydrogen-bond acceptors (Lipinski definition) is 3. The van der Waals surface area contributed by atoms with Crippen LogP contribution in [0.3, 0.4) is 0 Å². The van der Waals surface area contributed by atoms with Crippen LogP contribution in [0.25, 0.3) is 0 Å². The van der Waals surface area contributed by atoms with Gasteiger partial charge in [-0.3, -0.25) is 4.79 Å². The Bertz CT molecular complexity index is 884. The summed E-state index contributed by atoms with van der Waals surface area (Å²) in [5, 5.41) is 1.17. The van der Waals surface area contributed by atoms with E-state index in [4.69, 9.17) is 27.9 Å². The average molecular weight is 432 g/mol. The topological polar surface area (TPSA) is 46.6 Å². The number of amides is 1. The number of rotatable bonds is 7. The lowest BCUT2D eigenvalue weighted by Crippen LogP contribution is -2.55. The van der Waals surface area contributed by atoms with Gasteiger partial charge in [-0.25, -0.2) is 0 Å². The van der Waals surface area contributed by atoms with Crippen molar-refractivity contribution in [1.82, 2.24) is 4.90 Å². The monoisotopic (exact) mass is 431 g/mol. The molecule has 6 heteroatoms.